The number of carbonyl (C=O) groups excluding carboxylic acids is 1. The molecular weight excluding hydrogens is 510 g/mol. The minimum Gasteiger partial charge on any atom is -0.497 e. The number of benzene rings is 1. The number of furan rings is 1. The van der Waals surface area contributed by atoms with Crippen LogP contribution in [-0.4, -0.2) is 57.7 Å². The average molecular weight is 540 g/mol. The fourth-order valence-electron chi connectivity index (χ4n) is 4.64. The van der Waals surface area contributed by atoms with Crippen molar-refractivity contribution >= 4 is 29.3 Å². The van der Waals surface area contributed by atoms with Crippen LogP contribution in [0.1, 0.15) is 31.2 Å². The predicted molar refractivity (Wildman–Crippen MR) is 142 cm³/mol. The molecule has 0 bridgehead atoms. The Morgan fingerprint density at radius 3 is 2.68 bits per heavy atom. The van der Waals surface area contributed by atoms with Gasteiger partial charge >= 0.3 is 5.97 Å². The Kier molecular flexibility index (Phi) is 7.39. The first kappa shape index (κ1) is 25.8. The summed E-state index contributed by atoms with van der Waals surface area (Å²) in [6.07, 6.45) is 1.71. The van der Waals surface area contributed by atoms with Gasteiger partial charge in [-0.25, -0.2) is 9.79 Å². The van der Waals surface area contributed by atoms with Crippen LogP contribution in [0.5, 0.6) is 11.5 Å². The van der Waals surface area contributed by atoms with E-state index < -0.39 is 12.0 Å². The van der Waals surface area contributed by atoms with Gasteiger partial charge in [0.2, 0.25) is 0 Å². The lowest BCUT2D eigenvalue weighted by Crippen LogP contribution is -2.40. The third kappa shape index (κ3) is 4.74. The first-order valence-electron chi connectivity index (χ1n) is 12.3. The van der Waals surface area contributed by atoms with Crippen LogP contribution in [0.25, 0.3) is 6.08 Å². The summed E-state index contributed by atoms with van der Waals surface area (Å²) in [5, 5.41) is 0. The largest absolute Gasteiger partial charge is 0.497 e. The second-order valence-electron chi connectivity index (χ2n) is 8.69. The molecule has 1 fully saturated rings. The number of hydrogen-bond acceptors (Lipinski definition) is 10. The molecule has 0 amide bonds. The Bertz CT molecular complexity index is 1560. The molecule has 200 valence electrons. The zero-order valence-electron chi connectivity index (χ0n) is 21.7. The summed E-state index contributed by atoms with van der Waals surface area (Å²) >= 11 is 1.23. The fourth-order valence-corrected chi connectivity index (χ4v) is 5.67. The van der Waals surface area contributed by atoms with Crippen molar-refractivity contribution < 1.29 is 28.2 Å². The molecule has 0 N–H and O–H groups in total. The Morgan fingerprint density at radius 1 is 1.18 bits per heavy atom. The van der Waals surface area contributed by atoms with Crippen molar-refractivity contribution in [2.24, 2.45) is 4.99 Å². The number of fused-ring (bicyclic) bond motifs is 1. The quantitative estimate of drug-likeness (QED) is 0.421. The highest BCUT2D eigenvalue weighted by Crippen LogP contribution is 2.37. The van der Waals surface area contributed by atoms with E-state index in [1.807, 2.05) is 12.1 Å². The van der Waals surface area contributed by atoms with Gasteiger partial charge in [-0.1, -0.05) is 11.3 Å². The maximum absolute atomic E-state index is 13.9. The minimum absolute atomic E-state index is 0.186. The first-order chi connectivity index (χ1) is 18.4. The number of anilines is 1. The van der Waals surface area contributed by atoms with Gasteiger partial charge < -0.3 is 28.3 Å². The number of nitrogens with zero attached hydrogens (tertiary/aromatic N) is 3. The van der Waals surface area contributed by atoms with Crippen LogP contribution in [0.3, 0.4) is 0 Å². The Labute approximate surface area is 223 Å². The number of carbonyl (C=O) groups is 1. The lowest BCUT2D eigenvalue weighted by atomic mass is 9.95. The summed E-state index contributed by atoms with van der Waals surface area (Å²) in [5.74, 6) is 1.80. The molecule has 0 spiro atoms. The second kappa shape index (κ2) is 10.9. The van der Waals surface area contributed by atoms with Crippen LogP contribution in [0, 0.1) is 0 Å². The number of ether oxygens (including phenoxy) is 4. The zero-order valence-corrected chi connectivity index (χ0v) is 22.5. The van der Waals surface area contributed by atoms with Crippen LogP contribution >= 0.6 is 11.3 Å². The molecule has 10 nitrogen and oxygen atoms in total. The maximum atomic E-state index is 13.9. The van der Waals surface area contributed by atoms with E-state index in [2.05, 4.69) is 9.89 Å². The van der Waals surface area contributed by atoms with Crippen molar-refractivity contribution in [3.63, 3.8) is 0 Å². The summed E-state index contributed by atoms with van der Waals surface area (Å²) in [6, 6.07) is 8.17. The van der Waals surface area contributed by atoms with Crippen molar-refractivity contribution in [1.82, 2.24) is 4.57 Å². The number of methoxy groups -OCH3 is 2. The summed E-state index contributed by atoms with van der Waals surface area (Å²) < 4.78 is 29.8. The normalized spacial score (nSPS) is 17.7. The van der Waals surface area contributed by atoms with Crippen molar-refractivity contribution in [2.75, 3.05) is 52.0 Å². The molecule has 1 atom stereocenters. The number of aromatic nitrogens is 1. The van der Waals surface area contributed by atoms with Gasteiger partial charge in [-0.3, -0.25) is 9.36 Å². The van der Waals surface area contributed by atoms with Crippen molar-refractivity contribution in [3.8, 4) is 11.5 Å². The summed E-state index contributed by atoms with van der Waals surface area (Å²) in [4.78, 5) is 34.2. The van der Waals surface area contributed by atoms with Crippen LogP contribution in [0.2, 0.25) is 0 Å². The highest BCUT2D eigenvalue weighted by atomic mass is 32.1. The van der Waals surface area contributed by atoms with Gasteiger partial charge in [0.15, 0.2) is 10.7 Å². The molecule has 1 aromatic carbocycles. The number of morpholine rings is 1. The monoisotopic (exact) mass is 539 g/mol. The van der Waals surface area contributed by atoms with Crippen molar-refractivity contribution in [3.05, 3.63) is 72.6 Å². The predicted octanol–water partition coefficient (Wildman–Crippen LogP) is 2.25. The standard InChI is InChI=1S/C27H29N3O7S/c1-5-36-26(32)23-16(2)28-27-30(24(23)19-14-17(33-3)6-8-20(19)34-4)25(31)21(38-27)15-18-7-9-22(37-18)29-10-12-35-13-11-29/h6-9,14-15,24H,5,10-13H2,1-4H3/t24-/m1/s1. The summed E-state index contributed by atoms with van der Waals surface area (Å²) in [5.41, 5.74) is 1.02. The average Bonchev–Trinajstić information content (AvgIpc) is 3.52. The van der Waals surface area contributed by atoms with Crippen LogP contribution in [0.4, 0.5) is 5.88 Å². The molecule has 0 unspecified atom stereocenters. The highest BCUT2D eigenvalue weighted by Gasteiger charge is 2.35. The molecule has 2 aromatic heterocycles. The van der Waals surface area contributed by atoms with Gasteiger partial charge in [-0.05, 0) is 38.1 Å². The van der Waals surface area contributed by atoms with E-state index in [1.54, 1.807) is 52.3 Å². The molecular formula is C27H29N3O7S. The topological polar surface area (TPSA) is 105 Å². The Morgan fingerprint density at radius 2 is 1.97 bits per heavy atom. The van der Waals surface area contributed by atoms with Crippen LogP contribution in [0.15, 0.2) is 55.8 Å². The molecule has 2 aliphatic heterocycles. The smallest absolute Gasteiger partial charge is 0.338 e. The molecule has 11 heteroatoms. The van der Waals surface area contributed by atoms with Crippen LogP contribution in [-0.2, 0) is 14.3 Å². The molecule has 0 radical (unpaired) electrons. The van der Waals surface area contributed by atoms with Gasteiger partial charge in [0.05, 0.1) is 49.8 Å². The summed E-state index contributed by atoms with van der Waals surface area (Å²) in [6.45, 7) is 6.44. The van der Waals surface area contributed by atoms with E-state index in [4.69, 9.17) is 23.4 Å². The number of thiazole rings is 1. The molecule has 5 rings (SSSR count). The fraction of sp³-hybridized carbons (Fsp3) is 0.370. The van der Waals surface area contributed by atoms with E-state index in [1.165, 1.54) is 15.9 Å². The molecule has 4 heterocycles. The highest BCUT2D eigenvalue weighted by molar-refractivity contribution is 7.07. The number of hydrogen-bond donors (Lipinski definition) is 0. The Balaban J connectivity index is 1.66. The third-order valence-corrected chi connectivity index (χ3v) is 7.44. The minimum atomic E-state index is -0.821. The van der Waals surface area contributed by atoms with E-state index >= 15 is 0 Å². The van der Waals surface area contributed by atoms with Gasteiger partial charge in [-0.15, -0.1) is 0 Å². The number of allylic oxidation sites excluding steroid dienone is 1. The van der Waals surface area contributed by atoms with Gasteiger partial charge in [0.1, 0.15) is 23.3 Å². The van der Waals surface area contributed by atoms with E-state index in [0.29, 0.717) is 51.1 Å². The SMILES string of the molecule is CCOC(=O)C1=C(C)N=c2sc(=Cc3ccc(N4CCOCC4)o3)c(=O)n2[C@@H]1c1cc(OC)ccc1OC. The second-order valence-corrected chi connectivity index (χ2v) is 9.69. The van der Waals surface area contributed by atoms with Gasteiger partial charge in [-0.2, -0.15) is 0 Å². The van der Waals surface area contributed by atoms with Gasteiger partial charge in [0.25, 0.3) is 5.56 Å². The van der Waals surface area contributed by atoms with E-state index in [9.17, 15) is 9.59 Å². The lowest BCUT2D eigenvalue weighted by Gasteiger charge is -2.26. The van der Waals surface area contributed by atoms with E-state index in [0.717, 1.165) is 19.0 Å². The molecule has 1 saturated heterocycles. The maximum Gasteiger partial charge on any atom is 0.338 e. The number of rotatable bonds is 7. The molecule has 3 aromatic rings. The lowest BCUT2D eigenvalue weighted by molar-refractivity contribution is -0.139. The third-order valence-electron chi connectivity index (χ3n) is 6.46. The number of esters is 1. The molecule has 0 aliphatic carbocycles. The molecule has 2 aliphatic rings. The van der Waals surface area contributed by atoms with Gasteiger partial charge in [0, 0.05) is 30.8 Å². The van der Waals surface area contributed by atoms with Crippen molar-refractivity contribution in [1.29, 1.82) is 0 Å². The first-order valence-corrected chi connectivity index (χ1v) is 13.1. The van der Waals surface area contributed by atoms with Crippen LogP contribution < -0.4 is 29.3 Å². The zero-order chi connectivity index (χ0) is 26.8. The Hall–Kier alpha value is -3.83. The van der Waals surface area contributed by atoms with Crippen molar-refractivity contribution in [2.45, 2.75) is 19.9 Å². The molecule has 38 heavy (non-hydrogen) atoms. The summed E-state index contributed by atoms with van der Waals surface area (Å²) in [7, 11) is 3.09. The van der Waals surface area contributed by atoms with E-state index in [-0.39, 0.29) is 17.7 Å². The molecule has 0 saturated carbocycles.